The molecule has 190 valence electrons. The molecule has 0 aliphatic carbocycles. The number of benzene rings is 2. The van der Waals surface area contributed by atoms with Gasteiger partial charge in [0, 0.05) is 42.5 Å². The van der Waals surface area contributed by atoms with Crippen LogP contribution in [-0.4, -0.2) is 33.9 Å². The maximum absolute atomic E-state index is 13.5. The molecular weight excluding hydrogens is 523 g/mol. The molecule has 0 radical (unpaired) electrons. The molecule has 9 heteroatoms. The third kappa shape index (κ3) is 5.86. The third-order valence-corrected chi connectivity index (χ3v) is 7.28. The Morgan fingerprint density at radius 3 is 2.06 bits per heavy atom. The molecular formula is C27H27Cl2F2N3OS. The number of halogens is 4. The zero-order chi connectivity index (χ0) is 23.7. The van der Waals surface area contributed by atoms with E-state index >= 15 is 0 Å². The Kier molecular flexibility index (Phi) is 9.41. The number of aryl methyl sites for hydroxylation is 1. The van der Waals surface area contributed by atoms with Crippen LogP contribution in [0.3, 0.4) is 0 Å². The molecule has 3 heterocycles. The lowest BCUT2D eigenvalue weighted by molar-refractivity contribution is 0.259. The van der Waals surface area contributed by atoms with E-state index in [0.717, 1.165) is 65.4 Å². The molecule has 1 saturated heterocycles. The van der Waals surface area contributed by atoms with Gasteiger partial charge in [0.15, 0.2) is 4.96 Å². The van der Waals surface area contributed by atoms with Gasteiger partial charge in [-0.15, -0.1) is 36.2 Å². The lowest BCUT2D eigenvalue weighted by Crippen LogP contribution is -2.34. The largest absolute Gasteiger partial charge is 0.302 e. The van der Waals surface area contributed by atoms with Crippen molar-refractivity contribution in [2.45, 2.75) is 26.2 Å². The van der Waals surface area contributed by atoms with Gasteiger partial charge in [0.1, 0.15) is 11.6 Å². The Bertz CT molecular complexity index is 1360. The maximum Gasteiger partial charge on any atom is 0.261 e. The zero-order valence-corrected chi connectivity index (χ0v) is 22.2. The van der Waals surface area contributed by atoms with Gasteiger partial charge in [-0.05, 0) is 67.2 Å². The first kappa shape index (κ1) is 28.0. The van der Waals surface area contributed by atoms with Crippen LogP contribution in [0.5, 0.6) is 0 Å². The van der Waals surface area contributed by atoms with Crippen molar-refractivity contribution in [2.75, 3.05) is 19.6 Å². The van der Waals surface area contributed by atoms with E-state index in [1.807, 2.05) is 12.3 Å². The smallest absolute Gasteiger partial charge is 0.261 e. The average molecular weight is 551 g/mol. The monoisotopic (exact) mass is 549 g/mol. The van der Waals surface area contributed by atoms with E-state index in [4.69, 9.17) is 0 Å². The number of aromatic nitrogens is 2. The predicted octanol–water partition coefficient (Wildman–Crippen LogP) is 6.33. The number of rotatable bonds is 5. The number of nitrogens with zero attached hydrogens (tertiary/aromatic N) is 3. The fourth-order valence-corrected chi connectivity index (χ4v) is 5.43. The molecule has 0 unspecified atom stereocenters. The van der Waals surface area contributed by atoms with Gasteiger partial charge in [0.2, 0.25) is 0 Å². The summed E-state index contributed by atoms with van der Waals surface area (Å²) in [5, 5.41) is 1.88. The van der Waals surface area contributed by atoms with Crippen molar-refractivity contribution in [1.82, 2.24) is 14.3 Å². The molecule has 5 rings (SSSR count). The van der Waals surface area contributed by atoms with Crippen LogP contribution in [0.1, 0.15) is 35.2 Å². The summed E-state index contributed by atoms with van der Waals surface area (Å²) >= 11 is 1.47. The van der Waals surface area contributed by atoms with E-state index in [-0.39, 0.29) is 42.0 Å². The topological polar surface area (TPSA) is 37.6 Å². The minimum atomic E-state index is -0.275. The second-order valence-corrected chi connectivity index (χ2v) is 9.49. The van der Waals surface area contributed by atoms with Crippen LogP contribution in [0.15, 0.2) is 70.5 Å². The third-order valence-electron chi connectivity index (χ3n) is 6.52. The highest BCUT2D eigenvalue weighted by molar-refractivity contribution is 7.15. The fraction of sp³-hybridized carbons (Fsp3) is 0.259. The summed E-state index contributed by atoms with van der Waals surface area (Å²) in [5.41, 5.74) is 5.82. The van der Waals surface area contributed by atoms with Crippen molar-refractivity contribution in [3.8, 4) is 0 Å². The van der Waals surface area contributed by atoms with Gasteiger partial charge >= 0.3 is 0 Å². The molecule has 4 aromatic rings. The summed E-state index contributed by atoms with van der Waals surface area (Å²) in [6.07, 6.45) is 4.18. The summed E-state index contributed by atoms with van der Waals surface area (Å²) in [6, 6.07) is 13.0. The highest BCUT2D eigenvalue weighted by Gasteiger charge is 2.20. The van der Waals surface area contributed by atoms with Crippen molar-refractivity contribution in [3.05, 3.63) is 110 Å². The molecule has 36 heavy (non-hydrogen) atoms. The highest BCUT2D eigenvalue weighted by Crippen LogP contribution is 2.32. The molecule has 4 nitrogen and oxygen atoms in total. The number of piperidine rings is 1. The fourth-order valence-electron chi connectivity index (χ4n) is 4.68. The minimum absolute atomic E-state index is 0. The Hall–Kier alpha value is -2.58. The van der Waals surface area contributed by atoms with Crippen molar-refractivity contribution in [1.29, 1.82) is 0 Å². The Morgan fingerprint density at radius 1 is 0.944 bits per heavy atom. The number of hydrogen-bond donors (Lipinski definition) is 0. The van der Waals surface area contributed by atoms with Crippen LogP contribution in [0.4, 0.5) is 8.78 Å². The standard InChI is InChI=1S/C27H25F2N3OS.2ClH/c1-18-24(26(33)32-16-17-34-27(32)30-18)12-15-31-13-10-21(11-14-31)25(19-2-6-22(28)7-3-19)20-4-8-23(29)9-5-20;;/h2-9,16-17H,10-15H2,1H3;2*1H. The van der Waals surface area contributed by atoms with Crippen molar-refractivity contribution in [3.63, 3.8) is 0 Å². The molecule has 0 N–H and O–H groups in total. The van der Waals surface area contributed by atoms with E-state index in [0.29, 0.717) is 6.42 Å². The Morgan fingerprint density at radius 2 is 1.50 bits per heavy atom. The van der Waals surface area contributed by atoms with Gasteiger partial charge in [0.25, 0.3) is 5.56 Å². The lowest BCUT2D eigenvalue weighted by Gasteiger charge is -2.30. The SMILES string of the molecule is Cc1nc2sccn2c(=O)c1CCN1CCC(=C(c2ccc(F)cc2)c2ccc(F)cc2)CC1.Cl.Cl. The summed E-state index contributed by atoms with van der Waals surface area (Å²) in [4.78, 5) is 20.5. The Balaban J connectivity index is 0.00000180. The van der Waals surface area contributed by atoms with Crippen molar-refractivity contribution < 1.29 is 8.78 Å². The highest BCUT2D eigenvalue weighted by atomic mass is 35.5. The van der Waals surface area contributed by atoms with Gasteiger partial charge < -0.3 is 4.90 Å². The molecule has 1 aliphatic heterocycles. The van der Waals surface area contributed by atoms with Gasteiger partial charge in [-0.3, -0.25) is 9.20 Å². The molecule has 0 bridgehead atoms. The molecule has 1 fully saturated rings. The van der Waals surface area contributed by atoms with Gasteiger partial charge in [-0.2, -0.15) is 0 Å². The first-order valence-corrected chi connectivity index (χ1v) is 12.3. The molecule has 0 amide bonds. The number of fused-ring (bicyclic) bond motifs is 1. The van der Waals surface area contributed by atoms with Crippen LogP contribution in [-0.2, 0) is 6.42 Å². The number of hydrogen-bond acceptors (Lipinski definition) is 4. The summed E-state index contributed by atoms with van der Waals surface area (Å²) in [7, 11) is 0. The van der Waals surface area contributed by atoms with Crippen LogP contribution in [0, 0.1) is 18.6 Å². The lowest BCUT2D eigenvalue weighted by atomic mass is 9.88. The second-order valence-electron chi connectivity index (χ2n) is 8.62. The normalized spacial score (nSPS) is 13.8. The van der Waals surface area contributed by atoms with Gasteiger partial charge in [0.05, 0.1) is 0 Å². The summed E-state index contributed by atoms with van der Waals surface area (Å²) < 4.78 is 28.7. The molecule has 0 saturated carbocycles. The maximum atomic E-state index is 13.5. The molecule has 0 spiro atoms. The second kappa shape index (κ2) is 12.1. The number of thiazole rings is 1. The van der Waals surface area contributed by atoms with E-state index in [1.165, 1.54) is 41.2 Å². The molecule has 2 aromatic carbocycles. The quantitative estimate of drug-likeness (QED) is 0.292. The Labute approximate surface area is 225 Å². The molecule has 2 aromatic heterocycles. The van der Waals surface area contributed by atoms with Crippen LogP contribution >= 0.6 is 36.2 Å². The minimum Gasteiger partial charge on any atom is -0.302 e. The first-order valence-electron chi connectivity index (χ1n) is 11.4. The summed E-state index contributed by atoms with van der Waals surface area (Å²) in [5.74, 6) is -0.549. The first-order chi connectivity index (χ1) is 16.5. The van der Waals surface area contributed by atoms with Gasteiger partial charge in [-0.1, -0.05) is 29.8 Å². The van der Waals surface area contributed by atoms with E-state index in [2.05, 4.69) is 9.88 Å². The molecule has 1 aliphatic rings. The van der Waals surface area contributed by atoms with Crippen LogP contribution in [0.2, 0.25) is 0 Å². The zero-order valence-electron chi connectivity index (χ0n) is 19.7. The average Bonchev–Trinajstić information content (AvgIpc) is 3.31. The summed E-state index contributed by atoms with van der Waals surface area (Å²) in [6.45, 7) is 4.44. The number of likely N-dealkylation sites (tertiary alicyclic amines) is 1. The van der Waals surface area contributed by atoms with Crippen molar-refractivity contribution in [2.24, 2.45) is 0 Å². The van der Waals surface area contributed by atoms with Gasteiger partial charge in [-0.25, -0.2) is 13.8 Å². The van der Waals surface area contributed by atoms with Crippen LogP contribution in [0.25, 0.3) is 10.5 Å². The van der Waals surface area contributed by atoms with Crippen molar-refractivity contribution >= 4 is 46.7 Å². The predicted molar refractivity (Wildman–Crippen MR) is 147 cm³/mol. The molecule has 0 atom stereocenters. The van der Waals surface area contributed by atoms with E-state index in [9.17, 15) is 13.6 Å². The van der Waals surface area contributed by atoms with E-state index in [1.54, 1.807) is 34.9 Å². The van der Waals surface area contributed by atoms with Crippen LogP contribution < -0.4 is 5.56 Å². The van der Waals surface area contributed by atoms with E-state index < -0.39 is 0 Å².